The van der Waals surface area contributed by atoms with Crippen LogP contribution in [0.5, 0.6) is 0 Å². The smallest absolute Gasteiger partial charge is 0.0949 e. The van der Waals surface area contributed by atoms with Gasteiger partial charge in [0.05, 0.1) is 9.89 Å². The Balaban J connectivity index is 2.15. The van der Waals surface area contributed by atoms with Gasteiger partial charge in [-0.05, 0) is 31.5 Å². The summed E-state index contributed by atoms with van der Waals surface area (Å²) in [6.45, 7) is 4.39. The van der Waals surface area contributed by atoms with Crippen LogP contribution in [-0.4, -0.2) is 9.18 Å². The minimum Gasteiger partial charge on any atom is -0.360 e. The van der Waals surface area contributed by atoms with Gasteiger partial charge in [0.15, 0.2) is 0 Å². The highest BCUT2D eigenvalue weighted by Crippen LogP contribution is 2.37. The number of thioether (sulfide) groups is 1. The van der Waals surface area contributed by atoms with Crippen LogP contribution in [0.1, 0.15) is 25.1 Å². The number of aromatic amines is 1. The summed E-state index contributed by atoms with van der Waals surface area (Å²) in [5.41, 5.74) is 2.31. The van der Waals surface area contributed by atoms with E-state index >= 15 is 0 Å². The molecule has 0 saturated carbocycles. The van der Waals surface area contributed by atoms with Crippen molar-refractivity contribution >= 4 is 28.2 Å². The molecule has 0 atom stereocenters. The molecular weight excluding hydrogens is 246 g/mol. The quantitative estimate of drug-likeness (QED) is 0.826. The molecule has 2 rings (SSSR count). The normalized spacial score (nSPS) is 11.4. The Morgan fingerprint density at radius 1 is 1.12 bits per heavy atom. The van der Waals surface area contributed by atoms with Crippen LogP contribution in [0.3, 0.4) is 0 Å². The van der Waals surface area contributed by atoms with Crippen LogP contribution in [0.15, 0.2) is 48.7 Å². The van der Waals surface area contributed by atoms with Crippen LogP contribution in [0, 0.1) is 0 Å². The third kappa shape index (κ3) is 2.99. The monoisotopic (exact) mass is 261 g/mol. The standard InChI is InChI=1S/C14H15NS2/c1-14(2,11-7-4-3-5-8-11)17-13(16)12-9-6-10-15-12/h3-10,15H,1-2H3. The molecular formula is C14H15NS2. The largest absolute Gasteiger partial charge is 0.360 e. The lowest BCUT2D eigenvalue weighted by Gasteiger charge is -2.24. The van der Waals surface area contributed by atoms with Crippen molar-refractivity contribution in [1.29, 1.82) is 0 Å². The maximum atomic E-state index is 5.45. The van der Waals surface area contributed by atoms with E-state index in [2.05, 4.69) is 43.1 Å². The van der Waals surface area contributed by atoms with Crippen molar-refractivity contribution in [1.82, 2.24) is 4.98 Å². The van der Waals surface area contributed by atoms with Gasteiger partial charge in [-0.3, -0.25) is 0 Å². The van der Waals surface area contributed by atoms with Crippen molar-refractivity contribution in [3.05, 3.63) is 59.9 Å². The van der Waals surface area contributed by atoms with Crippen LogP contribution in [0.4, 0.5) is 0 Å². The molecule has 0 bridgehead atoms. The molecule has 0 aliphatic carbocycles. The van der Waals surface area contributed by atoms with Gasteiger partial charge in [0.1, 0.15) is 0 Å². The first kappa shape index (κ1) is 12.4. The first-order chi connectivity index (χ1) is 8.09. The minimum absolute atomic E-state index is 0.0105. The first-order valence-electron chi connectivity index (χ1n) is 5.52. The van der Waals surface area contributed by atoms with E-state index in [1.165, 1.54) is 5.56 Å². The van der Waals surface area contributed by atoms with Crippen molar-refractivity contribution < 1.29 is 0 Å². The van der Waals surface area contributed by atoms with Crippen LogP contribution in [0.25, 0.3) is 0 Å². The van der Waals surface area contributed by atoms with Gasteiger partial charge < -0.3 is 4.98 Å². The van der Waals surface area contributed by atoms with Crippen molar-refractivity contribution in [3.8, 4) is 0 Å². The highest BCUT2D eigenvalue weighted by Gasteiger charge is 2.23. The van der Waals surface area contributed by atoms with Gasteiger partial charge in [-0.1, -0.05) is 42.5 Å². The van der Waals surface area contributed by atoms with Gasteiger partial charge in [-0.15, -0.1) is 11.8 Å². The summed E-state index contributed by atoms with van der Waals surface area (Å²) < 4.78 is 0.896. The molecule has 1 aromatic heterocycles. The zero-order valence-corrected chi connectivity index (χ0v) is 11.6. The average Bonchev–Trinajstić information content (AvgIpc) is 2.83. The van der Waals surface area contributed by atoms with E-state index in [1.807, 2.05) is 24.4 Å². The van der Waals surface area contributed by atoms with Crippen LogP contribution in [0.2, 0.25) is 0 Å². The number of thiocarbonyl (C=S) groups is 1. The molecule has 0 saturated heterocycles. The lowest BCUT2D eigenvalue weighted by Crippen LogP contribution is -2.14. The second-order valence-electron chi connectivity index (χ2n) is 4.35. The number of nitrogens with one attached hydrogen (secondary N) is 1. The number of H-pyrrole nitrogens is 1. The third-order valence-electron chi connectivity index (χ3n) is 2.63. The van der Waals surface area contributed by atoms with E-state index < -0.39 is 0 Å². The Bertz CT molecular complexity index is 486. The van der Waals surface area contributed by atoms with E-state index in [0.717, 1.165) is 9.89 Å². The number of aromatic nitrogens is 1. The molecule has 0 fully saturated rings. The molecule has 17 heavy (non-hydrogen) atoms. The Morgan fingerprint density at radius 3 is 2.41 bits per heavy atom. The average molecular weight is 261 g/mol. The summed E-state index contributed by atoms with van der Waals surface area (Å²) in [6.07, 6.45) is 1.90. The van der Waals surface area contributed by atoms with Crippen molar-refractivity contribution in [2.24, 2.45) is 0 Å². The van der Waals surface area contributed by atoms with Gasteiger partial charge in [-0.2, -0.15) is 0 Å². The number of rotatable bonds is 3. The summed E-state index contributed by atoms with van der Waals surface area (Å²) in [5, 5.41) is 0. The fourth-order valence-electron chi connectivity index (χ4n) is 1.64. The zero-order chi connectivity index (χ0) is 12.3. The summed E-state index contributed by atoms with van der Waals surface area (Å²) in [7, 11) is 0. The van der Waals surface area contributed by atoms with E-state index in [-0.39, 0.29) is 4.75 Å². The SMILES string of the molecule is CC(C)(SC(=S)c1ccc[nH]1)c1ccccc1. The predicted octanol–water partition coefficient (Wildman–Crippen LogP) is 4.36. The number of hydrogen-bond acceptors (Lipinski definition) is 2. The number of benzene rings is 1. The molecule has 0 spiro atoms. The van der Waals surface area contributed by atoms with Crippen LogP contribution >= 0.6 is 24.0 Å². The molecule has 88 valence electrons. The van der Waals surface area contributed by atoms with Crippen molar-refractivity contribution in [3.63, 3.8) is 0 Å². The van der Waals surface area contributed by atoms with Crippen LogP contribution in [-0.2, 0) is 4.75 Å². The highest BCUT2D eigenvalue weighted by molar-refractivity contribution is 8.24. The summed E-state index contributed by atoms with van der Waals surface area (Å²) >= 11 is 7.17. The lowest BCUT2D eigenvalue weighted by molar-refractivity contribution is 0.788. The summed E-state index contributed by atoms with van der Waals surface area (Å²) in [6, 6.07) is 14.4. The van der Waals surface area contributed by atoms with E-state index in [4.69, 9.17) is 12.2 Å². The molecule has 0 unspecified atom stereocenters. The van der Waals surface area contributed by atoms with Gasteiger partial charge in [0, 0.05) is 10.9 Å². The molecule has 1 heterocycles. The zero-order valence-electron chi connectivity index (χ0n) is 9.94. The topological polar surface area (TPSA) is 15.8 Å². The first-order valence-corrected chi connectivity index (χ1v) is 6.74. The van der Waals surface area contributed by atoms with Crippen molar-refractivity contribution in [2.45, 2.75) is 18.6 Å². The second kappa shape index (κ2) is 5.07. The summed E-state index contributed by atoms with van der Waals surface area (Å²) in [4.78, 5) is 3.15. The van der Waals surface area contributed by atoms with Gasteiger partial charge >= 0.3 is 0 Å². The molecule has 0 amide bonds. The second-order valence-corrected chi connectivity index (χ2v) is 6.65. The molecule has 1 nitrogen and oxygen atoms in total. The maximum Gasteiger partial charge on any atom is 0.0949 e. The Labute approximate surface area is 112 Å². The van der Waals surface area contributed by atoms with Crippen molar-refractivity contribution in [2.75, 3.05) is 0 Å². The van der Waals surface area contributed by atoms with E-state index in [1.54, 1.807) is 11.8 Å². The van der Waals surface area contributed by atoms with Crippen LogP contribution < -0.4 is 0 Å². The molecule has 3 heteroatoms. The molecule has 0 radical (unpaired) electrons. The Hall–Kier alpha value is -1.06. The number of hydrogen-bond donors (Lipinski definition) is 1. The third-order valence-corrected chi connectivity index (χ3v) is 4.26. The fourth-order valence-corrected chi connectivity index (χ4v) is 3.35. The lowest BCUT2D eigenvalue weighted by atomic mass is 10.0. The maximum absolute atomic E-state index is 5.45. The molecule has 0 aliphatic rings. The molecule has 1 aromatic carbocycles. The van der Waals surface area contributed by atoms with Gasteiger partial charge in [0.2, 0.25) is 0 Å². The van der Waals surface area contributed by atoms with Gasteiger partial charge in [-0.25, -0.2) is 0 Å². The predicted molar refractivity (Wildman–Crippen MR) is 79.6 cm³/mol. The Morgan fingerprint density at radius 2 is 1.82 bits per heavy atom. The highest BCUT2D eigenvalue weighted by atomic mass is 32.2. The molecule has 2 aromatic rings. The fraction of sp³-hybridized carbons (Fsp3) is 0.214. The Kier molecular flexibility index (Phi) is 3.69. The summed E-state index contributed by atoms with van der Waals surface area (Å²) in [5.74, 6) is 0. The molecule has 0 aliphatic heterocycles. The minimum atomic E-state index is -0.0105. The van der Waals surface area contributed by atoms with E-state index in [0.29, 0.717) is 0 Å². The van der Waals surface area contributed by atoms with E-state index in [9.17, 15) is 0 Å². The van der Waals surface area contributed by atoms with Gasteiger partial charge in [0.25, 0.3) is 0 Å². The molecule has 1 N–H and O–H groups in total.